The van der Waals surface area contributed by atoms with Crippen LogP contribution in [0.3, 0.4) is 0 Å². The molecular formula is C14H11BrF3NO4. The van der Waals surface area contributed by atoms with Crippen molar-refractivity contribution in [2.75, 3.05) is 5.32 Å². The van der Waals surface area contributed by atoms with Gasteiger partial charge in [0.2, 0.25) is 0 Å². The molecule has 23 heavy (non-hydrogen) atoms. The number of rotatable bonds is 2. The number of halogens is 4. The van der Waals surface area contributed by atoms with Gasteiger partial charge in [-0.2, -0.15) is 13.2 Å². The second-order valence-electron chi connectivity index (χ2n) is 5.07. The lowest BCUT2D eigenvalue weighted by molar-refractivity contribution is -0.222. The maximum absolute atomic E-state index is 12.8. The maximum Gasteiger partial charge on any atom is 0.417 e. The summed E-state index contributed by atoms with van der Waals surface area (Å²) in [5, 5.41) is 2.46. The van der Waals surface area contributed by atoms with Crippen LogP contribution in [0.5, 0.6) is 0 Å². The van der Waals surface area contributed by atoms with Crippen LogP contribution in [-0.4, -0.2) is 17.7 Å². The predicted molar refractivity (Wildman–Crippen MR) is 77.1 cm³/mol. The second-order valence-corrected chi connectivity index (χ2v) is 5.93. The van der Waals surface area contributed by atoms with E-state index in [0.717, 1.165) is 12.3 Å². The van der Waals surface area contributed by atoms with Gasteiger partial charge in [-0.3, -0.25) is 0 Å². The number of cyclic esters (lactones) is 2. The lowest BCUT2D eigenvalue weighted by Crippen LogP contribution is -2.42. The topological polar surface area (TPSA) is 64.6 Å². The Morgan fingerprint density at radius 1 is 1.17 bits per heavy atom. The number of benzene rings is 1. The van der Waals surface area contributed by atoms with Crippen molar-refractivity contribution in [2.24, 2.45) is 0 Å². The highest BCUT2D eigenvalue weighted by Gasteiger charge is 2.39. The zero-order valence-electron chi connectivity index (χ0n) is 12.0. The first kappa shape index (κ1) is 17.3. The first-order valence-corrected chi connectivity index (χ1v) is 7.09. The summed E-state index contributed by atoms with van der Waals surface area (Å²) in [6, 6.07) is 3.38. The van der Waals surface area contributed by atoms with Crippen molar-refractivity contribution in [3.05, 3.63) is 40.0 Å². The van der Waals surface area contributed by atoms with Gasteiger partial charge in [0.25, 0.3) is 5.79 Å². The van der Waals surface area contributed by atoms with Crippen LogP contribution in [0.4, 0.5) is 18.9 Å². The molecule has 124 valence electrons. The molecule has 0 aliphatic carbocycles. The van der Waals surface area contributed by atoms with E-state index in [4.69, 9.17) is 9.47 Å². The van der Waals surface area contributed by atoms with E-state index < -0.39 is 35.0 Å². The van der Waals surface area contributed by atoms with E-state index in [-0.39, 0.29) is 10.2 Å². The van der Waals surface area contributed by atoms with Crippen molar-refractivity contribution in [1.82, 2.24) is 0 Å². The average molecular weight is 394 g/mol. The molecule has 0 unspecified atom stereocenters. The molecule has 2 rings (SSSR count). The summed E-state index contributed by atoms with van der Waals surface area (Å²) < 4.78 is 48.0. The van der Waals surface area contributed by atoms with Gasteiger partial charge in [-0.05, 0) is 18.2 Å². The molecule has 0 aromatic heterocycles. The predicted octanol–water partition coefficient (Wildman–Crippen LogP) is 3.60. The number of carbonyl (C=O) groups excluding carboxylic acids is 2. The molecular weight excluding hydrogens is 383 g/mol. The van der Waals surface area contributed by atoms with E-state index in [9.17, 15) is 22.8 Å². The monoisotopic (exact) mass is 393 g/mol. The summed E-state index contributed by atoms with van der Waals surface area (Å²) >= 11 is 2.81. The molecule has 1 fully saturated rings. The fourth-order valence-electron chi connectivity index (χ4n) is 1.77. The molecule has 0 radical (unpaired) electrons. The number of hydrogen-bond donors (Lipinski definition) is 1. The number of alkyl halides is 3. The Labute approximate surface area is 137 Å². The highest BCUT2D eigenvalue weighted by atomic mass is 79.9. The zero-order chi connectivity index (χ0) is 17.4. The quantitative estimate of drug-likeness (QED) is 0.472. The van der Waals surface area contributed by atoms with Crippen LogP contribution in [0.1, 0.15) is 19.4 Å². The van der Waals surface area contributed by atoms with Gasteiger partial charge >= 0.3 is 18.1 Å². The summed E-state index contributed by atoms with van der Waals surface area (Å²) in [6.07, 6.45) is -3.60. The molecule has 0 saturated carbocycles. The Morgan fingerprint density at radius 2 is 1.74 bits per heavy atom. The Hall–Kier alpha value is -2.03. The number of nitrogens with one attached hydrogen (secondary N) is 1. The van der Waals surface area contributed by atoms with E-state index >= 15 is 0 Å². The molecule has 0 atom stereocenters. The van der Waals surface area contributed by atoms with Crippen LogP contribution >= 0.6 is 15.9 Å². The van der Waals surface area contributed by atoms with Crippen molar-refractivity contribution >= 4 is 33.6 Å². The molecule has 1 saturated heterocycles. The summed E-state index contributed by atoms with van der Waals surface area (Å²) in [4.78, 5) is 23.4. The van der Waals surface area contributed by atoms with Crippen molar-refractivity contribution in [2.45, 2.75) is 25.8 Å². The fourth-order valence-corrected chi connectivity index (χ4v) is 2.24. The molecule has 0 amide bonds. The van der Waals surface area contributed by atoms with Crippen LogP contribution in [0.15, 0.2) is 34.4 Å². The summed E-state index contributed by atoms with van der Waals surface area (Å²) in [7, 11) is 0. The minimum Gasteiger partial charge on any atom is -0.419 e. The normalized spacial score (nSPS) is 17.4. The average Bonchev–Trinajstić information content (AvgIpc) is 2.36. The van der Waals surface area contributed by atoms with Crippen LogP contribution in [0.2, 0.25) is 0 Å². The molecule has 1 aliphatic heterocycles. The van der Waals surface area contributed by atoms with Gasteiger partial charge in [-0.25, -0.2) is 9.59 Å². The first-order chi connectivity index (χ1) is 10.5. The smallest absolute Gasteiger partial charge is 0.417 e. The van der Waals surface area contributed by atoms with Gasteiger partial charge < -0.3 is 14.8 Å². The largest absolute Gasteiger partial charge is 0.419 e. The first-order valence-electron chi connectivity index (χ1n) is 6.30. The van der Waals surface area contributed by atoms with E-state index in [1.165, 1.54) is 26.0 Å². The lowest BCUT2D eigenvalue weighted by Gasteiger charge is -2.29. The van der Waals surface area contributed by atoms with Crippen molar-refractivity contribution in [3.8, 4) is 0 Å². The third kappa shape index (κ3) is 4.04. The van der Waals surface area contributed by atoms with Gasteiger partial charge in [-0.1, -0.05) is 15.9 Å². The van der Waals surface area contributed by atoms with E-state index in [1.54, 1.807) is 0 Å². The fraction of sp³-hybridized carbons (Fsp3) is 0.286. The molecule has 9 heteroatoms. The van der Waals surface area contributed by atoms with Crippen molar-refractivity contribution in [1.29, 1.82) is 0 Å². The summed E-state index contributed by atoms with van der Waals surface area (Å²) in [5.74, 6) is -3.23. The summed E-state index contributed by atoms with van der Waals surface area (Å²) in [6.45, 7) is 2.77. The van der Waals surface area contributed by atoms with E-state index in [2.05, 4.69) is 21.2 Å². The van der Waals surface area contributed by atoms with E-state index in [0.29, 0.717) is 0 Å². The van der Waals surface area contributed by atoms with Gasteiger partial charge in [-0.15, -0.1) is 0 Å². The Balaban J connectivity index is 2.24. The van der Waals surface area contributed by atoms with Crippen LogP contribution < -0.4 is 5.32 Å². The minimum atomic E-state index is -4.55. The lowest BCUT2D eigenvalue weighted by atomic mass is 10.2. The molecule has 1 aliphatic rings. The Kier molecular flexibility index (Phi) is 4.43. The maximum atomic E-state index is 12.8. The highest BCUT2D eigenvalue weighted by Crippen LogP contribution is 2.36. The van der Waals surface area contributed by atoms with Crippen LogP contribution in [0.25, 0.3) is 0 Å². The second kappa shape index (κ2) is 5.88. The van der Waals surface area contributed by atoms with Gasteiger partial charge in [0.1, 0.15) is 0 Å². The molecule has 1 aromatic rings. The number of hydrogen-bond acceptors (Lipinski definition) is 5. The van der Waals surface area contributed by atoms with Gasteiger partial charge in [0, 0.05) is 30.2 Å². The number of ether oxygens (including phenoxy) is 2. The minimum absolute atomic E-state index is 0.0402. The Morgan fingerprint density at radius 3 is 2.26 bits per heavy atom. The molecule has 1 heterocycles. The van der Waals surface area contributed by atoms with Crippen LogP contribution in [-0.2, 0) is 25.2 Å². The SMILES string of the molecule is CC1(C)OC(=O)C(=CNc2ccc(Br)c(C(F)(F)F)c2)C(=O)O1. The number of esters is 2. The standard InChI is InChI=1S/C14H11BrF3NO4/c1-13(2)22-11(20)8(12(21)23-13)6-19-7-3-4-10(15)9(5-7)14(16,17)18/h3-6,19H,1-2H3. The molecule has 1 N–H and O–H groups in total. The molecule has 0 spiro atoms. The van der Waals surface area contributed by atoms with Crippen molar-refractivity contribution in [3.63, 3.8) is 0 Å². The molecule has 5 nitrogen and oxygen atoms in total. The highest BCUT2D eigenvalue weighted by molar-refractivity contribution is 9.10. The number of anilines is 1. The third-order valence-electron chi connectivity index (χ3n) is 2.77. The molecule has 1 aromatic carbocycles. The summed E-state index contributed by atoms with van der Waals surface area (Å²) in [5.41, 5.74) is -1.30. The third-order valence-corrected chi connectivity index (χ3v) is 3.46. The van der Waals surface area contributed by atoms with Crippen molar-refractivity contribution < 1.29 is 32.2 Å². The Bertz CT molecular complexity index is 676. The number of carbonyl (C=O) groups is 2. The van der Waals surface area contributed by atoms with E-state index in [1.807, 2.05) is 0 Å². The van der Waals surface area contributed by atoms with Gasteiger partial charge in [0.05, 0.1) is 5.56 Å². The molecule has 0 bridgehead atoms. The zero-order valence-corrected chi connectivity index (χ0v) is 13.5. The van der Waals surface area contributed by atoms with Crippen LogP contribution in [0, 0.1) is 0 Å². The van der Waals surface area contributed by atoms with Gasteiger partial charge in [0.15, 0.2) is 5.57 Å².